The van der Waals surface area contributed by atoms with Crippen LogP contribution in [0, 0.1) is 5.92 Å². The Balaban J connectivity index is 1.76. The van der Waals surface area contributed by atoms with Crippen LogP contribution in [0.3, 0.4) is 0 Å². The van der Waals surface area contributed by atoms with Crippen molar-refractivity contribution in [1.82, 2.24) is 4.31 Å². The lowest BCUT2D eigenvalue weighted by Crippen LogP contribution is -2.38. The molecule has 9 heteroatoms. The molecule has 1 aliphatic heterocycles. The third-order valence-corrected chi connectivity index (χ3v) is 7.35. The second kappa shape index (κ2) is 7.79. The average Bonchev–Trinajstić information content (AvgIpc) is 3.13. The number of hydrogen-bond donors (Lipinski definition) is 2. The number of carbonyl (C=O) groups is 2. The summed E-state index contributed by atoms with van der Waals surface area (Å²) in [4.78, 5) is 23.8. The van der Waals surface area contributed by atoms with Gasteiger partial charge in [0.1, 0.15) is 0 Å². The van der Waals surface area contributed by atoms with Gasteiger partial charge in [0.15, 0.2) is 0 Å². The number of nitrogens with zero attached hydrogens (tertiary/aromatic N) is 1. The van der Waals surface area contributed by atoms with E-state index in [9.17, 15) is 18.0 Å². The van der Waals surface area contributed by atoms with Gasteiger partial charge >= 0.3 is 5.97 Å². The number of rotatable bonds is 5. The molecule has 1 aromatic heterocycles. The second-order valence-electron chi connectivity index (χ2n) is 6.60. The number of piperidine rings is 1. The van der Waals surface area contributed by atoms with Gasteiger partial charge < -0.3 is 10.4 Å². The Morgan fingerprint density at radius 1 is 1.30 bits per heavy atom. The van der Waals surface area contributed by atoms with Crippen LogP contribution in [0.1, 0.15) is 39.8 Å². The lowest BCUT2D eigenvalue weighted by Gasteiger charge is -2.29. The Bertz CT molecular complexity index is 968. The number of hydrogen-bond acceptors (Lipinski definition) is 5. The van der Waals surface area contributed by atoms with Gasteiger partial charge in [-0.2, -0.15) is 4.31 Å². The van der Waals surface area contributed by atoms with Crippen LogP contribution in [0.2, 0.25) is 0 Å². The van der Waals surface area contributed by atoms with Gasteiger partial charge in [0.2, 0.25) is 10.0 Å². The molecular formula is C18H20N2O5S2. The molecule has 144 valence electrons. The molecule has 0 spiro atoms. The first-order valence-electron chi connectivity index (χ1n) is 8.51. The van der Waals surface area contributed by atoms with Crippen molar-refractivity contribution in [2.75, 3.05) is 18.4 Å². The summed E-state index contributed by atoms with van der Waals surface area (Å²) in [6.07, 6.45) is 1.84. The second-order valence-corrected chi connectivity index (χ2v) is 9.45. The Morgan fingerprint density at radius 3 is 2.78 bits per heavy atom. The van der Waals surface area contributed by atoms with E-state index >= 15 is 0 Å². The van der Waals surface area contributed by atoms with Crippen molar-refractivity contribution in [3.05, 3.63) is 46.2 Å². The summed E-state index contributed by atoms with van der Waals surface area (Å²) in [5.74, 6) is -1.25. The summed E-state index contributed by atoms with van der Waals surface area (Å²) in [6, 6.07) is 7.25. The number of amides is 1. The number of aromatic carboxylic acids is 1. The first kappa shape index (κ1) is 19.5. The van der Waals surface area contributed by atoms with Crippen molar-refractivity contribution in [1.29, 1.82) is 0 Å². The summed E-state index contributed by atoms with van der Waals surface area (Å²) in [6.45, 7) is 3.01. The summed E-state index contributed by atoms with van der Waals surface area (Å²) in [5.41, 5.74) is 0.393. The predicted octanol–water partition coefficient (Wildman–Crippen LogP) is 3.12. The third-order valence-electron chi connectivity index (χ3n) is 4.42. The molecule has 1 aliphatic rings. The number of benzene rings is 1. The highest BCUT2D eigenvalue weighted by atomic mass is 32.2. The van der Waals surface area contributed by atoms with E-state index in [-0.39, 0.29) is 15.3 Å². The SMILES string of the molecule is C[C@@H]1CCCN(S(=O)(=O)c2csc(C(=O)Nc3cccc(C(=O)O)c3)c2)C1. The van der Waals surface area contributed by atoms with Crippen LogP contribution in [0.4, 0.5) is 5.69 Å². The van der Waals surface area contributed by atoms with Gasteiger partial charge in [-0.3, -0.25) is 4.79 Å². The molecule has 3 rings (SSSR count). The molecule has 1 aromatic carbocycles. The fourth-order valence-electron chi connectivity index (χ4n) is 3.01. The molecule has 1 saturated heterocycles. The molecule has 1 atom stereocenters. The average molecular weight is 409 g/mol. The highest BCUT2D eigenvalue weighted by molar-refractivity contribution is 7.89. The molecule has 2 aromatic rings. The first-order chi connectivity index (χ1) is 12.8. The summed E-state index contributed by atoms with van der Waals surface area (Å²) in [7, 11) is -3.61. The number of thiophene rings is 1. The summed E-state index contributed by atoms with van der Waals surface area (Å²) >= 11 is 1.04. The van der Waals surface area contributed by atoms with Crippen LogP contribution in [-0.4, -0.2) is 42.8 Å². The largest absolute Gasteiger partial charge is 0.478 e. The van der Waals surface area contributed by atoms with E-state index in [2.05, 4.69) is 5.32 Å². The molecule has 7 nitrogen and oxygen atoms in total. The number of sulfonamides is 1. The minimum absolute atomic E-state index is 0.0569. The molecule has 0 bridgehead atoms. The normalized spacial score (nSPS) is 18.2. The molecule has 0 saturated carbocycles. The minimum atomic E-state index is -3.61. The van der Waals surface area contributed by atoms with Crippen molar-refractivity contribution in [2.45, 2.75) is 24.7 Å². The van der Waals surface area contributed by atoms with E-state index in [1.807, 2.05) is 6.92 Å². The van der Waals surface area contributed by atoms with E-state index in [1.165, 1.54) is 34.0 Å². The highest BCUT2D eigenvalue weighted by Gasteiger charge is 2.30. The van der Waals surface area contributed by atoms with Crippen molar-refractivity contribution in [3.63, 3.8) is 0 Å². The zero-order valence-corrected chi connectivity index (χ0v) is 16.3. The Morgan fingerprint density at radius 2 is 2.07 bits per heavy atom. The lowest BCUT2D eigenvalue weighted by molar-refractivity contribution is 0.0696. The van der Waals surface area contributed by atoms with Gasteiger partial charge in [0.25, 0.3) is 5.91 Å². The Kier molecular flexibility index (Phi) is 5.64. The predicted molar refractivity (Wildman–Crippen MR) is 103 cm³/mol. The molecule has 1 amide bonds. The van der Waals surface area contributed by atoms with Crippen LogP contribution < -0.4 is 5.32 Å². The Labute approximate surface area is 161 Å². The van der Waals surface area contributed by atoms with Gasteiger partial charge in [-0.15, -0.1) is 11.3 Å². The number of carbonyl (C=O) groups excluding carboxylic acids is 1. The van der Waals surface area contributed by atoms with Crippen molar-refractivity contribution in [2.24, 2.45) is 5.92 Å². The maximum absolute atomic E-state index is 12.8. The van der Waals surface area contributed by atoms with Gasteiger partial charge in [-0.1, -0.05) is 13.0 Å². The van der Waals surface area contributed by atoms with E-state index in [4.69, 9.17) is 5.11 Å². The van der Waals surface area contributed by atoms with Crippen LogP contribution in [0.25, 0.3) is 0 Å². The van der Waals surface area contributed by atoms with Crippen molar-refractivity contribution in [3.8, 4) is 0 Å². The van der Waals surface area contributed by atoms with E-state index in [0.29, 0.717) is 24.7 Å². The van der Waals surface area contributed by atoms with E-state index in [0.717, 1.165) is 24.2 Å². The summed E-state index contributed by atoms with van der Waals surface area (Å²) in [5, 5.41) is 13.1. The van der Waals surface area contributed by atoms with Gasteiger partial charge in [-0.05, 0) is 43.0 Å². The number of carboxylic acids is 1. The minimum Gasteiger partial charge on any atom is -0.478 e. The smallest absolute Gasteiger partial charge is 0.335 e. The standard InChI is InChI=1S/C18H20N2O5S2/c1-12-4-3-7-20(10-12)27(24,25)15-9-16(26-11-15)17(21)19-14-6-2-5-13(8-14)18(22)23/h2,5-6,8-9,11-12H,3-4,7,10H2,1H3,(H,19,21)(H,22,23)/t12-/m1/s1. The quantitative estimate of drug-likeness (QED) is 0.791. The molecule has 0 radical (unpaired) electrons. The fourth-order valence-corrected chi connectivity index (χ4v) is 5.76. The Hall–Kier alpha value is -2.23. The molecule has 0 unspecified atom stereocenters. The van der Waals surface area contributed by atoms with Crippen molar-refractivity contribution < 1.29 is 23.1 Å². The lowest BCUT2D eigenvalue weighted by atomic mass is 10.0. The molecular weight excluding hydrogens is 388 g/mol. The van der Waals surface area contributed by atoms with Gasteiger partial charge in [-0.25, -0.2) is 13.2 Å². The van der Waals surface area contributed by atoms with Crippen LogP contribution >= 0.6 is 11.3 Å². The van der Waals surface area contributed by atoms with Crippen LogP contribution in [0.15, 0.2) is 40.6 Å². The topological polar surface area (TPSA) is 104 Å². The van der Waals surface area contributed by atoms with E-state index in [1.54, 1.807) is 6.07 Å². The molecule has 27 heavy (non-hydrogen) atoms. The zero-order chi connectivity index (χ0) is 19.6. The zero-order valence-electron chi connectivity index (χ0n) is 14.7. The first-order valence-corrected chi connectivity index (χ1v) is 10.8. The van der Waals surface area contributed by atoms with Crippen LogP contribution in [-0.2, 0) is 10.0 Å². The van der Waals surface area contributed by atoms with E-state index < -0.39 is 21.9 Å². The number of carboxylic acid groups (broad SMARTS) is 1. The number of nitrogens with one attached hydrogen (secondary N) is 1. The van der Waals surface area contributed by atoms with Crippen molar-refractivity contribution >= 4 is 38.9 Å². The monoisotopic (exact) mass is 408 g/mol. The fraction of sp³-hybridized carbons (Fsp3) is 0.333. The van der Waals surface area contributed by atoms with Gasteiger partial charge in [0.05, 0.1) is 15.3 Å². The molecule has 2 heterocycles. The molecule has 1 fully saturated rings. The maximum Gasteiger partial charge on any atom is 0.335 e. The summed E-state index contributed by atoms with van der Waals surface area (Å²) < 4.78 is 27.0. The van der Waals surface area contributed by atoms with Crippen LogP contribution in [0.5, 0.6) is 0 Å². The molecule has 0 aliphatic carbocycles. The number of anilines is 1. The third kappa shape index (κ3) is 4.37. The highest BCUT2D eigenvalue weighted by Crippen LogP contribution is 2.27. The molecule has 2 N–H and O–H groups in total. The van der Waals surface area contributed by atoms with Gasteiger partial charge in [0, 0.05) is 24.2 Å². The maximum atomic E-state index is 12.8.